The third-order valence-corrected chi connectivity index (χ3v) is 3.57. The summed E-state index contributed by atoms with van der Waals surface area (Å²) in [6.07, 6.45) is 5.87. The first-order valence-electron chi connectivity index (χ1n) is 6.64. The number of hydrogen-bond acceptors (Lipinski definition) is 2. The van der Waals surface area contributed by atoms with E-state index in [4.69, 9.17) is 4.74 Å². The Bertz CT molecular complexity index is 613. The average Bonchev–Trinajstić information content (AvgIpc) is 3.04. The number of fused-ring (bicyclic) bond motifs is 1. The van der Waals surface area contributed by atoms with Crippen LogP contribution in [-0.2, 0) is 19.4 Å². The van der Waals surface area contributed by atoms with Gasteiger partial charge in [0.25, 0.3) is 0 Å². The van der Waals surface area contributed by atoms with Crippen molar-refractivity contribution in [1.82, 2.24) is 4.57 Å². The topological polar surface area (TPSA) is 31.2 Å². The van der Waals surface area contributed by atoms with Gasteiger partial charge in [0.15, 0.2) is 5.78 Å². The molecule has 0 amide bonds. The van der Waals surface area contributed by atoms with E-state index in [0.717, 1.165) is 37.3 Å². The monoisotopic (exact) mass is 255 g/mol. The highest BCUT2D eigenvalue weighted by atomic mass is 16.5. The number of benzene rings is 1. The molecule has 0 bridgehead atoms. The van der Waals surface area contributed by atoms with Crippen molar-refractivity contribution in [2.75, 3.05) is 6.61 Å². The van der Waals surface area contributed by atoms with Crippen LogP contribution >= 0.6 is 0 Å². The number of Topliss-reactive ketones (excluding diaryl/α,β-unsaturated/α-hetero) is 1. The summed E-state index contributed by atoms with van der Waals surface area (Å²) < 4.78 is 7.57. The Morgan fingerprint density at radius 3 is 3.05 bits per heavy atom. The number of aryl methyl sites for hydroxylation is 2. The smallest absolute Gasteiger partial charge is 0.161 e. The van der Waals surface area contributed by atoms with Crippen molar-refractivity contribution in [2.45, 2.75) is 26.3 Å². The van der Waals surface area contributed by atoms with Crippen LogP contribution in [-0.4, -0.2) is 17.0 Å². The van der Waals surface area contributed by atoms with Crippen LogP contribution in [0.2, 0.25) is 0 Å². The van der Waals surface area contributed by atoms with Crippen LogP contribution in [0.4, 0.5) is 0 Å². The molecule has 1 aliphatic rings. The van der Waals surface area contributed by atoms with Gasteiger partial charge in [0.2, 0.25) is 0 Å². The van der Waals surface area contributed by atoms with Crippen LogP contribution in [0.5, 0.6) is 5.75 Å². The molecule has 0 atom stereocenters. The number of carbonyl (C=O) groups is 1. The van der Waals surface area contributed by atoms with Gasteiger partial charge in [-0.3, -0.25) is 4.79 Å². The summed E-state index contributed by atoms with van der Waals surface area (Å²) in [4.78, 5) is 11.2. The Labute approximate surface area is 112 Å². The fourth-order valence-electron chi connectivity index (χ4n) is 2.44. The number of aromatic nitrogens is 1. The summed E-state index contributed by atoms with van der Waals surface area (Å²) in [5, 5.41) is 0. The molecule has 98 valence electrons. The van der Waals surface area contributed by atoms with Gasteiger partial charge >= 0.3 is 0 Å². The number of ether oxygens (including phenoxy) is 1. The molecular formula is C16H17NO2. The van der Waals surface area contributed by atoms with Gasteiger partial charge in [0, 0.05) is 30.9 Å². The normalized spacial score (nSPS) is 13.1. The highest BCUT2D eigenvalue weighted by Crippen LogP contribution is 2.26. The van der Waals surface area contributed by atoms with E-state index >= 15 is 0 Å². The van der Waals surface area contributed by atoms with Gasteiger partial charge in [0.1, 0.15) is 5.75 Å². The Kier molecular flexibility index (Phi) is 3.11. The lowest BCUT2D eigenvalue weighted by Gasteiger charge is -2.05. The molecule has 0 fully saturated rings. The van der Waals surface area contributed by atoms with E-state index in [-0.39, 0.29) is 5.78 Å². The third kappa shape index (κ3) is 2.55. The van der Waals surface area contributed by atoms with E-state index in [1.807, 2.05) is 18.5 Å². The second kappa shape index (κ2) is 4.92. The molecule has 0 saturated heterocycles. The van der Waals surface area contributed by atoms with Crippen LogP contribution in [0.25, 0.3) is 0 Å². The second-order valence-corrected chi connectivity index (χ2v) is 4.98. The van der Waals surface area contributed by atoms with Crippen molar-refractivity contribution in [3.05, 3.63) is 53.3 Å². The minimum atomic E-state index is 0.119. The number of nitrogens with zero attached hydrogens (tertiary/aromatic N) is 1. The maximum atomic E-state index is 11.2. The number of hydrogen-bond donors (Lipinski definition) is 0. The van der Waals surface area contributed by atoms with Crippen LogP contribution < -0.4 is 4.74 Å². The summed E-state index contributed by atoms with van der Waals surface area (Å²) in [5.41, 5.74) is 3.42. The first-order chi connectivity index (χ1) is 9.22. The SMILES string of the molecule is CC(=O)c1ccn(CCc2ccc3c(c2)CCO3)c1. The molecule has 0 unspecified atom stereocenters. The molecule has 0 radical (unpaired) electrons. The van der Waals surface area contributed by atoms with Gasteiger partial charge in [0.05, 0.1) is 6.61 Å². The van der Waals surface area contributed by atoms with Gasteiger partial charge in [-0.15, -0.1) is 0 Å². The zero-order valence-electron chi connectivity index (χ0n) is 11.1. The zero-order chi connectivity index (χ0) is 13.2. The van der Waals surface area contributed by atoms with Gasteiger partial charge in [-0.1, -0.05) is 12.1 Å². The van der Waals surface area contributed by atoms with Crippen LogP contribution in [0.1, 0.15) is 28.4 Å². The van der Waals surface area contributed by atoms with Gasteiger partial charge in [-0.25, -0.2) is 0 Å². The van der Waals surface area contributed by atoms with Gasteiger partial charge in [-0.05, 0) is 36.6 Å². The molecule has 2 aromatic rings. The average molecular weight is 255 g/mol. The molecule has 0 N–H and O–H groups in total. The molecule has 1 aromatic carbocycles. The van der Waals surface area contributed by atoms with Crippen molar-refractivity contribution in [3.63, 3.8) is 0 Å². The number of rotatable bonds is 4. The van der Waals surface area contributed by atoms with Crippen molar-refractivity contribution in [2.24, 2.45) is 0 Å². The summed E-state index contributed by atoms with van der Waals surface area (Å²) in [6.45, 7) is 3.30. The third-order valence-electron chi connectivity index (χ3n) is 3.57. The Morgan fingerprint density at radius 1 is 1.37 bits per heavy atom. The molecule has 3 heteroatoms. The van der Waals surface area contributed by atoms with E-state index in [9.17, 15) is 4.79 Å². The molecule has 0 aliphatic carbocycles. The van der Waals surface area contributed by atoms with Crippen molar-refractivity contribution in [1.29, 1.82) is 0 Å². The van der Waals surface area contributed by atoms with Gasteiger partial charge in [-0.2, -0.15) is 0 Å². The lowest BCUT2D eigenvalue weighted by atomic mass is 10.1. The standard InChI is InChI=1S/C16H17NO2/c1-12(18)15-5-8-17(11-15)7-4-13-2-3-16-14(10-13)6-9-19-16/h2-3,5,8,10-11H,4,6-7,9H2,1H3. The summed E-state index contributed by atoms with van der Waals surface area (Å²) in [7, 11) is 0. The van der Waals surface area contributed by atoms with E-state index in [2.05, 4.69) is 22.8 Å². The fraction of sp³-hybridized carbons (Fsp3) is 0.312. The lowest BCUT2D eigenvalue weighted by molar-refractivity contribution is 0.101. The highest BCUT2D eigenvalue weighted by molar-refractivity contribution is 5.93. The van der Waals surface area contributed by atoms with E-state index in [1.165, 1.54) is 11.1 Å². The molecule has 1 aliphatic heterocycles. The van der Waals surface area contributed by atoms with Gasteiger partial charge < -0.3 is 9.30 Å². The largest absolute Gasteiger partial charge is 0.493 e. The Morgan fingerprint density at radius 2 is 2.26 bits per heavy atom. The number of carbonyl (C=O) groups excluding carboxylic acids is 1. The van der Waals surface area contributed by atoms with E-state index in [0.29, 0.717) is 0 Å². The van der Waals surface area contributed by atoms with E-state index < -0.39 is 0 Å². The minimum Gasteiger partial charge on any atom is -0.493 e. The second-order valence-electron chi connectivity index (χ2n) is 4.98. The first kappa shape index (κ1) is 12.0. The molecule has 0 spiro atoms. The van der Waals surface area contributed by atoms with Crippen molar-refractivity contribution >= 4 is 5.78 Å². The van der Waals surface area contributed by atoms with Crippen molar-refractivity contribution in [3.8, 4) is 5.75 Å². The maximum absolute atomic E-state index is 11.2. The van der Waals surface area contributed by atoms with Crippen LogP contribution in [0.15, 0.2) is 36.7 Å². The molecule has 3 rings (SSSR count). The summed E-state index contributed by atoms with van der Waals surface area (Å²) in [5.74, 6) is 1.15. The fourth-order valence-corrected chi connectivity index (χ4v) is 2.44. The van der Waals surface area contributed by atoms with E-state index in [1.54, 1.807) is 6.92 Å². The number of ketones is 1. The molecule has 3 nitrogen and oxygen atoms in total. The maximum Gasteiger partial charge on any atom is 0.161 e. The molecule has 1 aromatic heterocycles. The predicted octanol–water partition coefficient (Wildman–Crippen LogP) is 2.87. The molecule has 2 heterocycles. The van der Waals surface area contributed by atoms with Crippen LogP contribution in [0.3, 0.4) is 0 Å². The lowest BCUT2D eigenvalue weighted by Crippen LogP contribution is -1.99. The molecule has 0 saturated carbocycles. The van der Waals surface area contributed by atoms with Crippen molar-refractivity contribution < 1.29 is 9.53 Å². The minimum absolute atomic E-state index is 0.119. The summed E-state index contributed by atoms with van der Waals surface area (Å²) in [6, 6.07) is 8.30. The Hall–Kier alpha value is -2.03. The quantitative estimate of drug-likeness (QED) is 0.787. The summed E-state index contributed by atoms with van der Waals surface area (Å²) >= 11 is 0. The van der Waals surface area contributed by atoms with Crippen LogP contribution in [0, 0.1) is 0 Å². The molecular weight excluding hydrogens is 238 g/mol. The first-order valence-corrected chi connectivity index (χ1v) is 6.64. The Balaban J connectivity index is 1.67. The predicted molar refractivity (Wildman–Crippen MR) is 73.8 cm³/mol. The zero-order valence-corrected chi connectivity index (χ0v) is 11.1. The highest BCUT2D eigenvalue weighted by Gasteiger charge is 2.11. The molecule has 19 heavy (non-hydrogen) atoms.